The highest BCUT2D eigenvalue weighted by molar-refractivity contribution is 6.07. The fourth-order valence-corrected chi connectivity index (χ4v) is 3.78. The van der Waals surface area contributed by atoms with E-state index in [-0.39, 0.29) is 24.0 Å². The number of aromatic nitrogens is 1. The van der Waals surface area contributed by atoms with Gasteiger partial charge < -0.3 is 15.0 Å². The zero-order chi connectivity index (χ0) is 17.4. The van der Waals surface area contributed by atoms with E-state index in [2.05, 4.69) is 5.32 Å². The van der Waals surface area contributed by atoms with Crippen LogP contribution in [0.15, 0.2) is 60.8 Å². The van der Waals surface area contributed by atoms with E-state index in [9.17, 15) is 9.90 Å². The number of hydrogen-bond donors (Lipinski definition) is 2. The van der Waals surface area contributed by atoms with Gasteiger partial charge in [0, 0.05) is 24.1 Å². The van der Waals surface area contributed by atoms with Gasteiger partial charge in [-0.2, -0.15) is 0 Å². The Hall–Kier alpha value is -2.59. The summed E-state index contributed by atoms with van der Waals surface area (Å²) < 4.78 is 1.98. The summed E-state index contributed by atoms with van der Waals surface area (Å²) in [5, 5.41) is 13.9. The predicted molar refractivity (Wildman–Crippen MR) is 98.3 cm³/mol. The normalized spacial score (nSPS) is 20.9. The molecule has 4 rings (SSSR count). The van der Waals surface area contributed by atoms with E-state index in [4.69, 9.17) is 0 Å². The first-order chi connectivity index (χ1) is 12.1. The molecule has 0 bridgehead atoms. The third-order valence-electron chi connectivity index (χ3n) is 5.21. The lowest BCUT2D eigenvalue weighted by Gasteiger charge is -2.38. The molecule has 2 N–H and O–H groups in total. The summed E-state index contributed by atoms with van der Waals surface area (Å²) >= 11 is 0. The van der Waals surface area contributed by atoms with E-state index in [0.29, 0.717) is 5.56 Å². The molecule has 0 saturated heterocycles. The number of carbonyl (C=O) groups excluding carboxylic acids is 1. The molecule has 1 atom stereocenters. The molecule has 1 aromatic heterocycles. The van der Waals surface area contributed by atoms with Crippen molar-refractivity contribution < 1.29 is 9.90 Å². The van der Waals surface area contributed by atoms with Crippen LogP contribution in [0.2, 0.25) is 0 Å². The number of amides is 1. The summed E-state index contributed by atoms with van der Waals surface area (Å²) in [6.07, 6.45) is 3.10. The van der Waals surface area contributed by atoms with Gasteiger partial charge in [0.2, 0.25) is 0 Å². The van der Waals surface area contributed by atoms with Crippen molar-refractivity contribution in [3.05, 3.63) is 71.9 Å². The first-order valence-electron chi connectivity index (χ1n) is 8.71. The van der Waals surface area contributed by atoms with Gasteiger partial charge in [-0.1, -0.05) is 48.5 Å². The van der Waals surface area contributed by atoms with Crippen LogP contribution >= 0.6 is 0 Å². The Morgan fingerprint density at radius 1 is 1.12 bits per heavy atom. The molecule has 2 aromatic carbocycles. The van der Waals surface area contributed by atoms with Crippen molar-refractivity contribution in [1.82, 2.24) is 9.88 Å². The number of aliphatic hydroxyl groups excluding tert-OH is 1. The van der Waals surface area contributed by atoms with Crippen molar-refractivity contribution in [2.24, 2.45) is 13.0 Å². The highest BCUT2D eigenvalue weighted by atomic mass is 16.3. The maximum Gasteiger partial charge on any atom is 0.253 e. The van der Waals surface area contributed by atoms with Crippen LogP contribution in [-0.4, -0.2) is 21.7 Å². The number of aryl methyl sites for hydroxylation is 1. The molecule has 4 heteroatoms. The van der Waals surface area contributed by atoms with Gasteiger partial charge in [-0.05, 0) is 30.4 Å². The Kier molecular flexibility index (Phi) is 4.06. The highest BCUT2D eigenvalue weighted by Gasteiger charge is 2.36. The molecule has 0 radical (unpaired) electrons. The molecule has 3 aromatic rings. The van der Waals surface area contributed by atoms with Crippen LogP contribution in [-0.2, 0) is 7.05 Å². The Bertz CT molecular complexity index is 895. The minimum absolute atomic E-state index is 0.0629. The molecule has 1 amide bonds. The summed E-state index contributed by atoms with van der Waals surface area (Å²) in [5.74, 6) is 0.211. The summed E-state index contributed by atoms with van der Waals surface area (Å²) in [6.45, 7) is 0. The summed E-state index contributed by atoms with van der Waals surface area (Å²) in [6, 6.07) is 17.9. The zero-order valence-electron chi connectivity index (χ0n) is 14.2. The summed E-state index contributed by atoms with van der Waals surface area (Å²) in [5.41, 5.74) is 2.83. The minimum Gasteiger partial charge on any atom is -0.393 e. The quantitative estimate of drug-likeness (QED) is 0.768. The second kappa shape index (κ2) is 6.37. The topological polar surface area (TPSA) is 54.3 Å². The Balaban J connectivity index is 1.64. The minimum atomic E-state index is -0.245. The number of fused-ring (bicyclic) bond motifs is 1. The Labute approximate surface area is 147 Å². The van der Waals surface area contributed by atoms with Crippen molar-refractivity contribution in [3.63, 3.8) is 0 Å². The van der Waals surface area contributed by atoms with Crippen LogP contribution in [0.3, 0.4) is 0 Å². The molecule has 25 heavy (non-hydrogen) atoms. The number of benzene rings is 2. The standard InChI is InChI=1S/C21H22N2O2/c1-23-13-18(17-9-5-6-10-19(17)23)21(25)22-20(15-11-16(24)12-15)14-7-3-2-4-8-14/h2-10,13,15-16,20,24H,11-12H2,1H3,(H,22,25)/t15?,16?,20-/m1/s1. The van der Waals surface area contributed by atoms with Crippen LogP contribution in [0.4, 0.5) is 0 Å². The van der Waals surface area contributed by atoms with Gasteiger partial charge in [0.15, 0.2) is 0 Å². The van der Waals surface area contributed by atoms with Crippen molar-refractivity contribution >= 4 is 16.8 Å². The van der Waals surface area contributed by atoms with Crippen LogP contribution in [0.5, 0.6) is 0 Å². The number of hydrogen-bond acceptors (Lipinski definition) is 2. The van der Waals surface area contributed by atoms with Crippen LogP contribution < -0.4 is 5.32 Å². The fraction of sp³-hybridized carbons (Fsp3) is 0.286. The third-order valence-corrected chi connectivity index (χ3v) is 5.21. The number of rotatable bonds is 4. The van der Waals surface area contributed by atoms with Gasteiger partial charge in [-0.3, -0.25) is 4.79 Å². The SMILES string of the molecule is Cn1cc(C(=O)N[C@H](c2ccccc2)C2CC(O)C2)c2ccccc21. The van der Waals surface area contributed by atoms with E-state index in [1.54, 1.807) is 0 Å². The molecule has 1 saturated carbocycles. The maximum atomic E-state index is 13.0. The average molecular weight is 334 g/mol. The molecular weight excluding hydrogens is 312 g/mol. The predicted octanol–water partition coefficient (Wildman–Crippen LogP) is 3.42. The van der Waals surface area contributed by atoms with Crippen molar-refractivity contribution in [2.75, 3.05) is 0 Å². The first-order valence-corrected chi connectivity index (χ1v) is 8.71. The smallest absolute Gasteiger partial charge is 0.253 e. The van der Waals surface area contributed by atoms with Crippen molar-refractivity contribution in [1.29, 1.82) is 0 Å². The second-order valence-electron chi connectivity index (χ2n) is 6.92. The molecule has 0 unspecified atom stereocenters. The monoisotopic (exact) mass is 334 g/mol. The largest absolute Gasteiger partial charge is 0.393 e. The number of nitrogens with zero attached hydrogens (tertiary/aromatic N) is 1. The number of carbonyl (C=O) groups is 1. The molecule has 4 nitrogen and oxygen atoms in total. The Morgan fingerprint density at radius 3 is 2.52 bits per heavy atom. The molecule has 1 aliphatic carbocycles. The lowest BCUT2D eigenvalue weighted by atomic mass is 9.75. The molecule has 1 heterocycles. The molecule has 0 aliphatic heterocycles. The van der Waals surface area contributed by atoms with Crippen molar-refractivity contribution in [2.45, 2.75) is 25.0 Å². The van der Waals surface area contributed by atoms with Crippen LogP contribution in [0.1, 0.15) is 34.8 Å². The van der Waals surface area contributed by atoms with Gasteiger partial charge in [0.1, 0.15) is 0 Å². The number of aliphatic hydroxyl groups is 1. The van der Waals surface area contributed by atoms with Gasteiger partial charge in [0.05, 0.1) is 17.7 Å². The van der Waals surface area contributed by atoms with Gasteiger partial charge in [-0.15, -0.1) is 0 Å². The number of para-hydroxylation sites is 1. The third kappa shape index (κ3) is 2.94. The summed E-state index contributed by atoms with van der Waals surface area (Å²) in [4.78, 5) is 13.0. The van der Waals surface area contributed by atoms with E-state index < -0.39 is 0 Å². The van der Waals surface area contributed by atoms with E-state index in [1.807, 2.05) is 72.4 Å². The molecular formula is C21H22N2O2. The van der Waals surface area contributed by atoms with Crippen LogP contribution in [0.25, 0.3) is 10.9 Å². The molecule has 0 spiro atoms. The molecule has 128 valence electrons. The van der Waals surface area contributed by atoms with Gasteiger partial charge in [0.25, 0.3) is 5.91 Å². The highest BCUT2D eigenvalue weighted by Crippen LogP contribution is 2.38. The lowest BCUT2D eigenvalue weighted by Crippen LogP contribution is -2.41. The van der Waals surface area contributed by atoms with Gasteiger partial charge >= 0.3 is 0 Å². The first kappa shape index (κ1) is 15.9. The van der Waals surface area contributed by atoms with Crippen LogP contribution in [0, 0.1) is 5.92 Å². The average Bonchev–Trinajstić information content (AvgIpc) is 2.95. The van der Waals surface area contributed by atoms with E-state index in [1.165, 1.54) is 0 Å². The second-order valence-corrected chi connectivity index (χ2v) is 6.92. The molecule has 1 fully saturated rings. The molecule has 1 aliphatic rings. The van der Waals surface area contributed by atoms with E-state index in [0.717, 1.165) is 29.3 Å². The Morgan fingerprint density at radius 2 is 1.80 bits per heavy atom. The van der Waals surface area contributed by atoms with Crippen molar-refractivity contribution in [3.8, 4) is 0 Å². The fourth-order valence-electron chi connectivity index (χ4n) is 3.78. The summed E-state index contributed by atoms with van der Waals surface area (Å²) in [7, 11) is 1.95. The van der Waals surface area contributed by atoms with E-state index >= 15 is 0 Å². The maximum absolute atomic E-state index is 13.0. The zero-order valence-corrected chi connectivity index (χ0v) is 14.2. The lowest BCUT2D eigenvalue weighted by molar-refractivity contribution is 0.0235. The number of nitrogens with one attached hydrogen (secondary N) is 1. The van der Waals surface area contributed by atoms with Gasteiger partial charge in [-0.25, -0.2) is 0 Å².